The monoisotopic (exact) mass is 247 g/mol. The lowest BCUT2D eigenvalue weighted by molar-refractivity contribution is -0.138. The summed E-state index contributed by atoms with van der Waals surface area (Å²) in [6, 6.07) is 3.42. The summed E-state index contributed by atoms with van der Waals surface area (Å²) in [6.07, 6.45) is 7.18. The largest absolute Gasteiger partial charge is 0.481 e. The third-order valence-corrected chi connectivity index (χ3v) is 3.65. The Hall–Kier alpha value is -1.71. The van der Waals surface area contributed by atoms with Crippen LogP contribution in [0.2, 0.25) is 0 Å². The molecular weight excluding hydrogens is 230 g/mol. The van der Waals surface area contributed by atoms with Crippen LogP contribution in [0.1, 0.15) is 42.5 Å². The summed E-state index contributed by atoms with van der Waals surface area (Å²) in [6.45, 7) is 0. The van der Waals surface area contributed by atoms with Crippen LogP contribution < -0.4 is 0 Å². The lowest BCUT2D eigenvalue weighted by Gasteiger charge is -2.20. The number of carbonyl (C=O) groups is 2. The van der Waals surface area contributed by atoms with Gasteiger partial charge in [-0.05, 0) is 30.9 Å². The Labute approximate surface area is 106 Å². The van der Waals surface area contributed by atoms with Crippen molar-refractivity contribution in [3.8, 4) is 0 Å². The zero-order chi connectivity index (χ0) is 13.0. The molecule has 18 heavy (non-hydrogen) atoms. The average molecular weight is 247 g/mol. The van der Waals surface area contributed by atoms with Crippen molar-refractivity contribution in [3.05, 3.63) is 30.1 Å². The molecule has 0 saturated heterocycles. The minimum atomic E-state index is -0.899. The van der Waals surface area contributed by atoms with Crippen LogP contribution in [0.3, 0.4) is 0 Å². The van der Waals surface area contributed by atoms with Gasteiger partial charge in [-0.1, -0.05) is 12.8 Å². The van der Waals surface area contributed by atoms with Gasteiger partial charge in [-0.15, -0.1) is 0 Å². The highest BCUT2D eigenvalue weighted by Crippen LogP contribution is 2.34. The smallest absolute Gasteiger partial charge is 0.304 e. The molecule has 0 spiro atoms. The number of carboxylic acids is 1. The summed E-state index contributed by atoms with van der Waals surface area (Å²) in [5.41, 5.74) is 0.524. The molecule has 1 aromatic heterocycles. The van der Waals surface area contributed by atoms with E-state index in [0.29, 0.717) is 5.56 Å². The molecule has 1 aromatic rings. The summed E-state index contributed by atoms with van der Waals surface area (Å²) in [5, 5.41) is 8.97. The number of rotatable bonds is 5. The van der Waals surface area contributed by atoms with Gasteiger partial charge in [-0.3, -0.25) is 14.6 Å². The molecular formula is C14H17NO3. The number of carboxylic acid groups (broad SMARTS) is 1. The first-order valence-corrected chi connectivity index (χ1v) is 6.34. The Morgan fingerprint density at radius 2 is 2.11 bits per heavy atom. The average Bonchev–Trinajstić information content (AvgIpc) is 2.89. The van der Waals surface area contributed by atoms with Crippen molar-refractivity contribution < 1.29 is 14.7 Å². The van der Waals surface area contributed by atoms with E-state index in [9.17, 15) is 9.59 Å². The van der Waals surface area contributed by atoms with Gasteiger partial charge in [0.1, 0.15) is 0 Å². The van der Waals surface area contributed by atoms with E-state index in [0.717, 1.165) is 25.7 Å². The van der Waals surface area contributed by atoms with Crippen molar-refractivity contribution >= 4 is 11.8 Å². The van der Waals surface area contributed by atoms with Crippen LogP contribution in [0.5, 0.6) is 0 Å². The van der Waals surface area contributed by atoms with Crippen molar-refractivity contribution in [2.45, 2.75) is 32.1 Å². The molecule has 2 rings (SSSR count). The predicted molar refractivity (Wildman–Crippen MR) is 66.3 cm³/mol. The fourth-order valence-electron chi connectivity index (χ4n) is 2.74. The van der Waals surface area contributed by atoms with E-state index in [1.54, 1.807) is 18.3 Å². The zero-order valence-corrected chi connectivity index (χ0v) is 10.2. The van der Waals surface area contributed by atoms with Gasteiger partial charge in [0, 0.05) is 23.9 Å². The molecule has 1 N–H and O–H groups in total. The molecule has 1 aliphatic carbocycles. The van der Waals surface area contributed by atoms with E-state index >= 15 is 0 Å². The topological polar surface area (TPSA) is 67.3 Å². The van der Waals surface area contributed by atoms with Crippen LogP contribution in [0.4, 0.5) is 0 Å². The molecule has 1 heterocycles. The SMILES string of the molecule is O=C(O)CC(C(=O)c1cccnc1)C1CCCC1. The Morgan fingerprint density at radius 1 is 1.39 bits per heavy atom. The first-order valence-electron chi connectivity index (χ1n) is 6.34. The number of hydrogen-bond acceptors (Lipinski definition) is 3. The number of ketones is 1. The molecule has 0 radical (unpaired) electrons. The van der Waals surface area contributed by atoms with Crippen molar-refractivity contribution in [2.75, 3.05) is 0 Å². The fraction of sp³-hybridized carbons (Fsp3) is 0.500. The number of nitrogens with zero attached hydrogens (tertiary/aromatic N) is 1. The summed E-state index contributed by atoms with van der Waals surface area (Å²) < 4.78 is 0. The van der Waals surface area contributed by atoms with Crippen LogP contribution in [0.25, 0.3) is 0 Å². The molecule has 0 bridgehead atoms. The lowest BCUT2D eigenvalue weighted by atomic mass is 9.82. The van der Waals surface area contributed by atoms with Crippen molar-refractivity contribution in [3.63, 3.8) is 0 Å². The maximum absolute atomic E-state index is 12.4. The van der Waals surface area contributed by atoms with Crippen LogP contribution in [0, 0.1) is 11.8 Å². The van der Waals surface area contributed by atoms with Gasteiger partial charge in [-0.25, -0.2) is 0 Å². The van der Waals surface area contributed by atoms with Gasteiger partial charge in [0.05, 0.1) is 6.42 Å². The highest BCUT2D eigenvalue weighted by molar-refractivity contribution is 5.99. The number of Topliss-reactive ketones (excluding diaryl/α,β-unsaturated/α-hetero) is 1. The van der Waals surface area contributed by atoms with Gasteiger partial charge in [-0.2, -0.15) is 0 Å². The molecule has 1 atom stereocenters. The molecule has 1 aliphatic rings. The van der Waals surface area contributed by atoms with Crippen molar-refractivity contribution in [2.24, 2.45) is 11.8 Å². The quantitative estimate of drug-likeness (QED) is 0.812. The van der Waals surface area contributed by atoms with Crippen LogP contribution >= 0.6 is 0 Å². The van der Waals surface area contributed by atoms with Gasteiger partial charge in [0.15, 0.2) is 5.78 Å². The molecule has 1 saturated carbocycles. The maximum atomic E-state index is 12.4. The normalized spacial score (nSPS) is 17.6. The Morgan fingerprint density at radius 3 is 2.67 bits per heavy atom. The highest BCUT2D eigenvalue weighted by Gasteiger charge is 2.32. The van der Waals surface area contributed by atoms with Gasteiger partial charge in [0.2, 0.25) is 0 Å². The predicted octanol–water partition coefficient (Wildman–Crippen LogP) is 2.55. The number of aromatic nitrogens is 1. The molecule has 4 nitrogen and oxygen atoms in total. The molecule has 4 heteroatoms. The van der Waals surface area contributed by atoms with Crippen LogP contribution in [-0.2, 0) is 4.79 Å². The Kier molecular flexibility index (Phi) is 4.07. The second-order valence-electron chi connectivity index (χ2n) is 4.85. The summed E-state index contributed by atoms with van der Waals surface area (Å²) >= 11 is 0. The third kappa shape index (κ3) is 2.94. The minimum Gasteiger partial charge on any atom is -0.481 e. The number of aliphatic carboxylic acids is 1. The van der Waals surface area contributed by atoms with Crippen molar-refractivity contribution in [1.29, 1.82) is 0 Å². The number of pyridine rings is 1. The van der Waals surface area contributed by atoms with Gasteiger partial charge < -0.3 is 5.11 Å². The van der Waals surface area contributed by atoms with Gasteiger partial charge >= 0.3 is 5.97 Å². The zero-order valence-electron chi connectivity index (χ0n) is 10.2. The molecule has 0 aromatic carbocycles. The highest BCUT2D eigenvalue weighted by atomic mass is 16.4. The Balaban J connectivity index is 2.17. The van der Waals surface area contributed by atoms with E-state index in [4.69, 9.17) is 5.11 Å². The van der Waals surface area contributed by atoms with Crippen LogP contribution in [0.15, 0.2) is 24.5 Å². The van der Waals surface area contributed by atoms with E-state index in [2.05, 4.69) is 4.98 Å². The summed E-state index contributed by atoms with van der Waals surface area (Å²) in [5.74, 6) is -1.15. The summed E-state index contributed by atoms with van der Waals surface area (Å²) in [7, 11) is 0. The van der Waals surface area contributed by atoms with Gasteiger partial charge in [0.25, 0.3) is 0 Å². The molecule has 96 valence electrons. The van der Waals surface area contributed by atoms with E-state index < -0.39 is 11.9 Å². The first-order chi connectivity index (χ1) is 8.68. The number of carbonyl (C=O) groups excluding carboxylic acids is 1. The second kappa shape index (κ2) is 5.76. The first kappa shape index (κ1) is 12.7. The summed E-state index contributed by atoms with van der Waals surface area (Å²) in [4.78, 5) is 27.2. The molecule has 0 amide bonds. The molecule has 0 aliphatic heterocycles. The fourth-order valence-corrected chi connectivity index (χ4v) is 2.74. The van der Waals surface area contributed by atoms with E-state index in [1.807, 2.05) is 0 Å². The maximum Gasteiger partial charge on any atom is 0.304 e. The second-order valence-corrected chi connectivity index (χ2v) is 4.85. The lowest BCUT2D eigenvalue weighted by Crippen LogP contribution is -2.25. The van der Waals surface area contributed by atoms with Crippen LogP contribution in [-0.4, -0.2) is 21.8 Å². The van der Waals surface area contributed by atoms with E-state index in [-0.39, 0.29) is 18.1 Å². The number of hydrogen-bond donors (Lipinski definition) is 1. The van der Waals surface area contributed by atoms with Crippen molar-refractivity contribution in [1.82, 2.24) is 4.98 Å². The standard InChI is InChI=1S/C14H17NO3/c16-13(17)8-12(10-4-1-2-5-10)14(18)11-6-3-7-15-9-11/h3,6-7,9-10,12H,1-2,4-5,8H2,(H,16,17). The molecule has 1 fully saturated rings. The molecule has 1 unspecified atom stereocenters. The Bertz CT molecular complexity index is 424. The van der Waals surface area contributed by atoms with E-state index in [1.165, 1.54) is 6.20 Å². The third-order valence-electron chi connectivity index (χ3n) is 3.65. The minimum absolute atomic E-state index is 0.0710.